The topological polar surface area (TPSA) is 83.2 Å². The Kier molecular flexibility index (Phi) is 5.31. The Morgan fingerprint density at radius 3 is 2.66 bits per heavy atom. The molecule has 2 aromatic rings. The molecule has 1 saturated heterocycles. The average Bonchev–Trinajstić information content (AvgIpc) is 3.40. The standard InChI is InChI=1S/C21H25N3O4S/c1-15-5-7-16(8-6-15)18-12-19(20-4-3-10-28-20)24(22-18)21(25)13-23(2)17-9-11-29(26,27)14-17/h3-8,10,17,19H,9,11-14H2,1-2H3/t17-,19-/m1/s1. The van der Waals surface area contributed by atoms with E-state index >= 15 is 0 Å². The summed E-state index contributed by atoms with van der Waals surface area (Å²) in [6, 6.07) is 11.3. The van der Waals surface area contributed by atoms with Gasteiger partial charge >= 0.3 is 0 Å². The van der Waals surface area contributed by atoms with Crippen molar-refractivity contribution in [2.24, 2.45) is 5.10 Å². The highest BCUT2D eigenvalue weighted by molar-refractivity contribution is 7.91. The number of rotatable bonds is 5. The summed E-state index contributed by atoms with van der Waals surface area (Å²) in [5, 5.41) is 6.12. The summed E-state index contributed by atoms with van der Waals surface area (Å²) in [6.45, 7) is 2.14. The lowest BCUT2D eigenvalue weighted by molar-refractivity contribution is -0.134. The van der Waals surface area contributed by atoms with Crippen LogP contribution in [0.25, 0.3) is 0 Å². The molecule has 1 amide bonds. The molecule has 0 aliphatic carbocycles. The van der Waals surface area contributed by atoms with E-state index in [-0.39, 0.29) is 36.0 Å². The van der Waals surface area contributed by atoms with Crippen LogP contribution in [-0.4, -0.2) is 61.1 Å². The summed E-state index contributed by atoms with van der Waals surface area (Å²) in [6.07, 6.45) is 2.73. The van der Waals surface area contributed by atoms with Gasteiger partial charge in [0.15, 0.2) is 9.84 Å². The van der Waals surface area contributed by atoms with Crippen molar-refractivity contribution >= 4 is 21.5 Å². The van der Waals surface area contributed by atoms with Crippen molar-refractivity contribution in [2.75, 3.05) is 25.1 Å². The lowest BCUT2D eigenvalue weighted by Gasteiger charge is -2.26. The van der Waals surface area contributed by atoms with E-state index in [4.69, 9.17) is 4.42 Å². The van der Waals surface area contributed by atoms with Crippen LogP contribution in [0.1, 0.15) is 35.8 Å². The second-order valence-electron chi connectivity index (χ2n) is 7.86. The van der Waals surface area contributed by atoms with Crippen LogP contribution < -0.4 is 0 Å². The maximum Gasteiger partial charge on any atom is 0.257 e. The van der Waals surface area contributed by atoms with E-state index < -0.39 is 9.84 Å². The van der Waals surface area contributed by atoms with Crippen LogP contribution in [-0.2, 0) is 14.6 Å². The molecule has 0 N–H and O–H groups in total. The van der Waals surface area contributed by atoms with Gasteiger partial charge in [0.25, 0.3) is 5.91 Å². The molecule has 1 fully saturated rings. The molecular weight excluding hydrogens is 390 g/mol. The van der Waals surface area contributed by atoms with Gasteiger partial charge in [0.05, 0.1) is 30.0 Å². The lowest BCUT2D eigenvalue weighted by atomic mass is 10.0. The summed E-state index contributed by atoms with van der Waals surface area (Å²) in [5.74, 6) is 0.816. The van der Waals surface area contributed by atoms with Crippen molar-refractivity contribution in [2.45, 2.75) is 31.8 Å². The number of carbonyl (C=O) groups is 1. The Hall–Kier alpha value is -2.45. The molecule has 0 radical (unpaired) electrons. The lowest BCUT2D eigenvalue weighted by Crippen LogP contribution is -2.41. The molecule has 3 heterocycles. The van der Waals surface area contributed by atoms with Crippen LogP contribution in [0.4, 0.5) is 0 Å². The zero-order valence-electron chi connectivity index (χ0n) is 16.6. The number of benzene rings is 1. The summed E-state index contributed by atoms with van der Waals surface area (Å²) in [5.41, 5.74) is 2.99. The number of aryl methyl sites for hydroxylation is 1. The average molecular weight is 416 g/mol. The molecule has 1 aromatic heterocycles. The predicted molar refractivity (Wildman–Crippen MR) is 110 cm³/mol. The van der Waals surface area contributed by atoms with Gasteiger partial charge in [0.1, 0.15) is 11.8 Å². The van der Waals surface area contributed by atoms with Crippen LogP contribution in [0.2, 0.25) is 0 Å². The number of hydrogen-bond donors (Lipinski definition) is 0. The second kappa shape index (κ2) is 7.76. The highest BCUT2D eigenvalue weighted by atomic mass is 32.2. The van der Waals surface area contributed by atoms with Crippen LogP contribution in [0.15, 0.2) is 52.2 Å². The molecule has 0 spiro atoms. The van der Waals surface area contributed by atoms with Crippen molar-refractivity contribution in [3.8, 4) is 0 Å². The summed E-state index contributed by atoms with van der Waals surface area (Å²) < 4.78 is 29.1. The van der Waals surface area contributed by atoms with E-state index in [1.54, 1.807) is 19.4 Å². The van der Waals surface area contributed by atoms with E-state index in [2.05, 4.69) is 5.10 Å². The minimum absolute atomic E-state index is 0.107. The molecule has 4 rings (SSSR count). The zero-order chi connectivity index (χ0) is 20.6. The number of furan rings is 1. The normalized spacial score (nSPS) is 23.6. The number of carbonyl (C=O) groups excluding carboxylic acids is 1. The Morgan fingerprint density at radius 2 is 2.03 bits per heavy atom. The molecule has 0 bridgehead atoms. The van der Waals surface area contributed by atoms with E-state index in [1.807, 2.05) is 42.2 Å². The first-order valence-corrected chi connectivity index (χ1v) is 11.6. The summed E-state index contributed by atoms with van der Waals surface area (Å²) >= 11 is 0. The number of hydrazone groups is 1. The largest absolute Gasteiger partial charge is 0.467 e. The first-order chi connectivity index (χ1) is 13.8. The van der Waals surface area contributed by atoms with Gasteiger partial charge < -0.3 is 4.42 Å². The highest BCUT2D eigenvalue weighted by Gasteiger charge is 2.37. The molecule has 154 valence electrons. The predicted octanol–water partition coefficient (Wildman–Crippen LogP) is 2.38. The smallest absolute Gasteiger partial charge is 0.257 e. The molecule has 2 aliphatic rings. The third-order valence-corrected chi connectivity index (χ3v) is 7.39. The molecule has 2 aliphatic heterocycles. The van der Waals surface area contributed by atoms with Crippen molar-refractivity contribution in [3.05, 3.63) is 59.5 Å². The van der Waals surface area contributed by atoms with Gasteiger partial charge in [-0.2, -0.15) is 5.10 Å². The van der Waals surface area contributed by atoms with Gasteiger partial charge in [-0.3, -0.25) is 9.69 Å². The quantitative estimate of drug-likeness (QED) is 0.749. The molecule has 2 atom stereocenters. The molecule has 0 saturated carbocycles. The maximum atomic E-state index is 13.1. The Morgan fingerprint density at radius 1 is 1.28 bits per heavy atom. The molecule has 1 aromatic carbocycles. The van der Waals surface area contributed by atoms with E-state index in [0.29, 0.717) is 18.6 Å². The third-order valence-electron chi connectivity index (χ3n) is 5.64. The fourth-order valence-corrected chi connectivity index (χ4v) is 5.71. The minimum atomic E-state index is -3.00. The third kappa shape index (κ3) is 4.28. The maximum absolute atomic E-state index is 13.1. The first-order valence-electron chi connectivity index (χ1n) is 9.73. The molecule has 7 nitrogen and oxygen atoms in total. The number of hydrogen-bond acceptors (Lipinski definition) is 6. The van der Waals surface area contributed by atoms with E-state index in [0.717, 1.165) is 16.8 Å². The van der Waals surface area contributed by atoms with Gasteiger partial charge in [-0.1, -0.05) is 29.8 Å². The Labute approximate surface area is 170 Å². The van der Waals surface area contributed by atoms with Crippen molar-refractivity contribution in [3.63, 3.8) is 0 Å². The van der Waals surface area contributed by atoms with Crippen molar-refractivity contribution in [1.82, 2.24) is 9.91 Å². The van der Waals surface area contributed by atoms with Gasteiger partial charge in [0, 0.05) is 12.5 Å². The Bertz CT molecular complexity index is 1010. The van der Waals surface area contributed by atoms with Crippen LogP contribution in [0.3, 0.4) is 0 Å². The molecular formula is C21H25N3O4S. The monoisotopic (exact) mass is 415 g/mol. The van der Waals surface area contributed by atoms with Crippen LogP contribution >= 0.6 is 0 Å². The fraction of sp³-hybridized carbons (Fsp3) is 0.429. The molecule has 0 unspecified atom stereocenters. The number of amides is 1. The summed E-state index contributed by atoms with van der Waals surface area (Å²) in [7, 11) is -1.20. The number of nitrogens with zero attached hydrogens (tertiary/aromatic N) is 3. The summed E-state index contributed by atoms with van der Waals surface area (Å²) in [4.78, 5) is 14.9. The van der Waals surface area contributed by atoms with Crippen molar-refractivity contribution < 1.29 is 17.6 Å². The first kappa shape index (κ1) is 19.8. The van der Waals surface area contributed by atoms with E-state index in [9.17, 15) is 13.2 Å². The molecule has 29 heavy (non-hydrogen) atoms. The van der Waals surface area contributed by atoms with Gasteiger partial charge in [-0.05, 0) is 38.1 Å². The van der Waals surface area contributed by atoms with Crippen LogP contribution in [0.5, 0.6) is 0 Å². The van der Waals surface area contributed by atoms with Crippen LogP contribution in [0, 0.1) is 6.92 Å². The Balaban J connectivity index is 1.54. The van der Waals surface area contributed by atoms with E-state index in [1.165, 1.54) is 5.01 Å². The van der Waals surface area contributed by atoms with Gasteiger partial charge in [-0.15, -0.1) is 0 Å². The number of sulfone groups is 1. The zero-order valence-corrected chi connectivity index (χ0v) is 17.4. The number of likely N-dealkylation sites (N-methyl/N-ethyl adjacent to an activating group) is 1. The highest BCUT2D eigenvalue weighted by Crippen LogP contribution is 2.33. The van der Waals surface area contributed by atoms with Crippen molar-refractivity contribution in [1.29, 1.82) is 0 Å². The second-order valence-corrected chi connectivity index (χ2v) is 10.1. The molecule has 8 heteroatoms. The van der Waals surface area contributed by atoms with Gasteiger partial charge in [0.2, 0.25) is 0 Å². The van der Waals surface area contributed by atoms with Gasteiger partial charge in [-0.25, -0.2) is 13.4 Å². The fourth-order valence-electron chi connectivity index (χ4n) is 3.90. The minimum Gasteiger partial charge on any atom is -0.467 e. The SMILES string of the molecule is Cc1ccc(C2=NN(C(=O)CN(C)[C@@H]3CCS(=O)(=O)C3)[C@@H](c3ccco3)C2)cc1.